The summed E-state index contributed by atoms with van der Waals surface area (Å²) in [7, 11) is -4.32. The average Bonchev–Trinajstić information content (AvgIpc) is 2.96. The summed E-state index contributed by atoms with van der Waals surface area (Å²) in [6, 6.07) is 5.24. The van der Waals surface area contributed by atoms with Gasteiger partial charge in [0, 0.05) is 34.7 Å². The van der Waals surface area contributed by atoms with Crippen molar-refractivity contribution < 1.29 is 36.2 Å². The summed E-state index contributed by atoms with van der Waals surface area (Å²) < 4.78 is 67.6. The second-order valence-electron chi connectivity index (χ2n) is 8.92. The number of alkyl halides is 3. The summed E-state index contributed by atoms with van der Waals surface area (Å²) in [5.41, 5.74) is 8.44. The van der Waals surface area contributed by atoms with Crippen molar-refractivity contribution in [2.75, 3.05) is 24.5 Å². The van der Waals surface area contributed by atoms with Crippen LogP contribution in [0.2, 0.25) is 15.1 Å². The number of halogens is 6. The number of aromatic nitrogens is 4. The van der Waals surface area contributed by atoms with Gasteiger partial charge in [0.2, 0.25) is 10.0 Å². The molecule has 1 fully saturated rings. The van der Waals surface area contributed by atoms with Gasteiger partial charge >= 0.3 is 12.3 Å². The Balaban J connectivity index is 0.000000339. The molecule has 3 heterocycles. The van der Waals surface area contributed by atoms with Crippen LogP contribution < -0.4 is 9.64 Å². The maximum absolute atomic E-state index is 13.1. The number of fused-ring (bicyclic) bond motifs is 1. The van der Waals surface area contributed by atoms with E-state index in [4.69, 9.17) is 40.5 Å². The molecular weight excluding hydrogens is 674 g/mol. The zero-order valence-corrected chi connectivity index (χ0v) is 25.1. The molecule has 1 aliphatic heterocycles. The minimum absolute atomic E-state index is 0.0782. The summed E-state index contributed by atoms with van der Waals surface area (Å²) in [6.45, 7) is -0.253. The number of piperazine rings is 1. The SMILES string of the molecule is O=C(O)[C@H]1CN(c2cnc3cncnc3n2)CCN1S(=O)(=O)c1ccc(OC(F)(F)F)cc1.[NH-]Cc1c(Cl)cc(Cl)cc1Cl. The van der Waals surface area contributed by atoms with Crippen LogP contribution in [0.15, 0.2) is 60.0 Å². The Bertz CT molecular complexity index is 1750. The molecule has 0 bridgehead atoms. The Morgan fingerprint density at radius 2 is 1.73 bits per heavy atom. The summed E-state index contributed by atoms with van der Waals surface area (Å²) in [6.07, 6.45) is -0.762. The Morgan fingerprint density at radius 1 is 1.07 bits per heavy atom. The molecule has 0 spiro atoms. The van der Waals surface area contributed by atoms with Gasteiger partial charge in [-0.2, -0.15) is 4.31 Å². The molecule has 234 valence electrons. The smallest absolute Gasteiger partial charge is 0.573 e. The lowest BCUT2D eigenvalue weighted by Crippen LogP contribution is -2.58. The third-order valence-corrected chi connectivity index (χ3v) is 8.91. The first-order chi connectivity index (χ1) is 20.7. The van der Waals surface area contributed by atoms with E-state index in [9.17, 15) is 31.5 Å². The summed E-state index contributed by atoms with van der Waals surface area (Å²) in [5.74, 6) is -1.67. The van der Waals surface area contributed by atoms with Gasteiger partial charge in [-0.25, -0.2) is 28.4 Å². The largest absolute Gasteiger partial charge is 0.674 e. The maximum Gasteiger partial charge on any atom is 0.573 e. The van der Waals surface area contributed by atoms with Crippen LogP contribution in [0.1, 0.15) is 5.56 Å². The molecule has 0 saturated carbocycles. The number of carboxylic acid groups (broad SMARTS) is 1. The molecule has 1 saturated heterocycles. The molecule has 44 heavy (non-hydrogen) atoms. The lowest BCUT2D eigenvalue weighted by molar-refractivity contribution is -0.274. The second-order valence-corrected chi connectivity index (χ2v) is 12.1. The van der Waals surface area contributed by atoms with E-state index in [0.717, 1.165) is 28.6 Å². The summed E-state index contributed by atoms with van der Waals surface area (Å²) in [5, 5.41) is 11.1. The standard InChI is InChI=1S/C18H15F3N6O5S.C7H5Cl3N/c19-18(20,21)32-11-1-3-12(4-2-11)33(30,31)27-6-5-26(9-14(27)17(28)29)15-8-23-13-7-22-10-24-16(13)25-15;8-4-1-6(9)5(3-11)7(10)2-4/h1-4,7-8,10,14H,5-6,9H2,(H,28,29);1-2,11H,3H2/q;-1/t14-;/m1./s1. The predicted octanol–water partition coefficient (Wildman–Crippen LogP) is 5.48. The molecule has 1 atom stereocenters. The summed E-state index contributed by atoms with van der Waals surface area (Å²) >= 11 is 17.1. The van der Waals surface area contributed by atoms with Gasteiger partial charge in [-0.1, -0.05) is 34.8 Å². The van der Waals surface area contributed by atoms with Gasteiger partial charge in [-0.15, -0.1) is 19.7 Å². The second kappa shape index (κ2) is 13.6. The Morgan fingerprint density at radius 3 is 2.32 bits per heavy atom. The minimum atomic E-state index is -4.93. The van der Waals surface area contributed by atoms with Gasteiger partial charge < -0.3 is 20.5 Å². The molecular formula is C25H20Cl3F3N7O5S-. The zero-order chi connectivity index (χ0) is 32.2. The van der Waals surface area contributed by atoms with Gasteiger partial charge in [0.15, 0.2) is 5.65 Å². The van der Waals surface area contributed by atoms with E-state index < -0.39 is 34.1 Å². The molecule has 1 aliphatic rings. The first-order valence-corrected chi connectivity index (χ1v) is 14.8. The molecule has 19 heteroatoms. The molecule has 5 rings (SSSR count). The third-order valence-electron chi connectivity index (χ3n) is 6.10. The Kier molecular flexibility index (Phi) is 10.3. The van der Waals surface area contributed by atoms with Crippen molar-refractivity contribution in [3.05, 3.63) is 81.5 Å². The molecule has 2 aromatic carbocycles. The van der Waals surface area contributed by atoms with E-state index in [1.165, 1.54) is 18.7 Å². The lowest BCUT2D eigenvalue weighted by atomic mass is 10.2. The highest BCUT2D eigenvalue weighted by atomic mass is 35.5. The number of nitrogens with zero attached hydrogens (tertiary/aromatic N) is 6. The van der Waals surface area contributed by atoms with Crippen LogP contribution in [0.4, 0.5) is 19.0 Å². The molecule has 4 aromatic rings. The number of aliphatic carboxylic acids is 1. The van der Waals surface area contributed by atoms with Crippen LogP contribution in [0.5, 0.6) is 5.75 Å². The van der Waals surface area contributed by atoms with Gasteiger partial charge in [0.1, 0.15) is 29.5 Å². The van der Waals surface area contributed by atoms with Crippen molar-refractivity contribution in [1.82, 2.24) is 24.2 Å². The number of hydrogen-bond acceptors (Lipinski definition) is 9. The van der Waals surface area contributed by atoms with Crippen molar-refractivity contribution in [2.24, 2.45) is 0 Å². The van der Waals surface area contributed by atoms with Crippen molar-refractivity contribution in [2.45, 2.75) is 23.8 Å². The highest BCUT2D eigenvalue weighted by Gasteiger charge is 2.41. The van der Waals surface area contributed by atoms with Gasteiger partial charge in [-0.3, -0.25) is 4.79 Å². The van der Waals surface area contributed by atoms with Crippen LogP contribution >= 0.6 is 34.8 Å². The molecule has 2 N–H and O–H groups in total. The quantitative estimate of drug-likeness (QED) is 0.274. The fourth-order valence-corrected chi connectivity index (χ4v) is 6.58. The highest BCUT2D eigenvalue weighted by Crippen LogP contribution is 2.30. The molecule has 0 amide bonds. The third kappa shape index (κ3) is 7.94. The van der Waals surface area contributed by atoms with Crippen molar-refractivity contribution in [1.29, 1.82) is 0 Å². The van der Waals surface area contributed by atoms with Crippen LogP contribution in [0, 0.1) is 0 Å². The van der Waals surface area contributed by atoms with Gasteiger partial charge in [0.25, 0.3) is 0 Å². The number of anilines is 1. The van der Waals surface area contributed by atoms with E-state index in [2.05, 4.69) is 24.7 Å². The monoisotopic (exact) mass is 692 g/mol. The highest BCUT2D eigenvalue weighted by molar-refractivity contribution is 7.89. The molecule has 12 nitrogen and oxygen atoms in total. The van der Waals surface area contributed by atoms with Crippen molar-refractivity contribution >= 4 is 67.8 Å². The minimum Gasteiger partial charge on any atom is -0.674 e. The van der Waals surface area contributed by atoms with E-state index in [-0.39, 0.29) is 31.1 Å². The molecule has 0 unspecified atom stereocenters. The zero-order valence-electron chi connectivity index (χ0n) is 22.0. The van der Waals surface area contributed by atoms with Crippen LogP contribution in [0.3, 0.4) is 0 Å². The number of rotatable bonds is 6. The predicted molar refractivity (Wildman–Crippen MR) is 155 cm³/mol. The fraction of sp³-hybridized carbons (Fsp3) is 0.240. The average molecular weight is 694 g/mol. The molecule has 0 radical (unpaired) electrons. The molecule has 0 aliphatic carbocycles. The fourth-order valence-electron chi connectivity index (χ4n) is 4.06. The lowest BCUT2D eigenvalue weighted by Gasteiger charge is -2.38. The topological polar surface area (TPSA) is 163 Å². The number of ether oxygens (including phenoxy) is 1. The number of benzene rings is 2. The number of carbonyl (C=O) groups is 1. The van der Waals surface area contributed by atoms with E-state index in [1.807, 2.05) is 0 Å². The Labute approximate surface area is 263 Å². The van der Waals surface area contributed by atoms with Crippen LogP contribution in [-0.2, 0) is 21.4 Å². The first-order valence-electron chi connectivity index (χ1n) is 12.3. The van der Waals surface area contributed by atoms with E-state index >= 15 is 0 Å². The molecule has 2 aromatic heterocycles. The van der Waals surface area contributed by atoms with Crippen molar-refractivity contribution in [3.8, 4) is 5.75 Å². The summed E-state index contributed by atoms with van der Waals surface area (Å²) in [4.78, 5) is 29.4. The van der Waals surface area contributed by atoms with Crippen molar-refractivity contribution in [3.63, 3.8) is 0 Å². The van der Waals surface area contributed by atoms with E-state index in [1.54, 1.807) is 17.0 Å². The van der Waals surface area contributed by atoms with Crippen LogP contribution in [0.25, 0.3) is 16.9 Å². The van der Waals surface area contributed by atoms with Gasteiger partial charge in [0.05, 0.1) is 17.3 Å². The van der Waals surface area contributed by atoms with Gasteiger partial charge in [-0.05, 0) is 42.0 Å². The van der Waals surface area contributed by atoms with Crippen LogP contribution in [-0.4, -0.2) is 75.8 Å². The normalized spacial score (nSPS) is 15.9. The number of sulfonamides is 1. The Hall–Kier alpha value is -3.54. The first kappa shape index (κ1) is 33.4. The number of nitrogens with one attached hydrogen (secondary N) is 1. The van der Waals surface area contributed by atoms with E-state index in [0.29, 0.717) is 37.6 Å². The number of hydrogen-bond donors (Lipinski definition) is 1. The number of carboxylic acids is 1. The maximum atomic E-state index is 13.1.